The summed E-state index contributed by atoms with van der Waals surface area (Å²) in [7, 11) is 1.52. The minimum atomic E-state index is -0.540. The number of nitrogens with zero attached hydrogens (tertiary/aromatic N) is 1. The molecule has 0 saturated carbocycles. The molecule has 0 radical (unpaired) electrons. The summed E-state index contributed by atoms with van der Waals surface area (Å²) in [5.41, 5.74) is 0.468. The topological polar surface area (TPSA) is 62.5 Å². The van der Waals surface area contributed by atoms with Crippen LogP contribution in [-0.4, -0.2) is 24.9 Å². The number of ether oxygens (including phenoxy) is 2. The largest absolute Gasteiger partial charge is 0.497 e. The molecule has 1 N–H and O–H groups in total. The molecular formula is C11H13NO3. The second kappa shape index (κ2) is 5.23. The maximum atomic E-state index is 9.05. The molecule has 0 bridgehead atoms. The Hall–Kier alpha value is -1.73. The molecule has 0 saturated heterocycles. The van der Waals surface area contributed by atoms with Gasteiger partial charge in [-0.15, -0.1) is 0 Å². The SMILES string of the molecule is COc1cc(C#N)cc(OC[C@@H](C)O)c1. The van der Waals surface area contributed by atoms with Crippen LogP contribution in [0.5, 0.6) is 11.5 Å². The van der Waals surface area contributed by atoms with Gasteiger partial charge in [-0.3, -0.25) is 0 Å². The van der Waals surface area contributed by atoms with E-state index in [-0.39, 0.29) is 6.61 Å². The van der Waals surface area contributed by atoms with Gasteiger partial charge in [-0.05, 0) is 19.1 Å². The molecule has 1 rings (SSSR count). The number of hydrogen-bond acceptors (Lipinski definition) is 4. The van der Waals surface area contributed by atoms with Crippen molar-refractivity contribution in [3.8, 4) is 17.6 Å². The second-order valence-corrected chi connectivity index (χ2v) is 3.17. The van der Waals surface area contributed by atoms with E-state index in [0.29, 0.717) is 17.1 Å². The molecule has 80 valence electrons. The fourth-order valence-corrected chi connectivity index (χ4v) is 1.05. The van der Waals surface area contributed by atoms with Crippen molar-refractivity contribution in [2.45, 2.75) is 13.0 Å². The molecule has 4 nitrogen and oxygen atoms in total. The summed E-state index contributed by atoms with van der Waals surface area (Å²) in [4.78, 5) is 0. The van der Waals surface area contributed by atoms with Gasteiger partial charge in [-0.2, -0.15) is 5.26 Å². The molecule has 0 fully saturated rings. The van der Waals surface area contributed by atoms with E-state index in [1.807, 2.05) is 6.07 Å². The molecule has 0 aliphatic rings. The lowest BCUT2D eigenvalue weighted by Gasteiger charge is -2.09. The Morgan fingerprint density at radius 2 is 2.07 bits per heavy atom. The highest BCUT2D eigenvalue weighted by molar-refractivity contribution is 5.43. The Labute approximate surface area is 88.7 Å². The van der Waals surface area contributed by atoms with Gasteiger partial charge in [-0.1, -0.05) is 0 Å². The lowest BCUT2D eigenvalue weighted by atomic mass is 10.2. The molecular weight excluding hydrogens is 194 g/mol. The Morgan fingerprint density at radius 3 is 2.60 bits per heavy atom. The Morgan fingerprint density at radius 1 is 1.40 bits per heavy atom. The third-order valence-corrected chi connectivity index (χ3v) is 1.74. The third kappa shape index (κ3) is 3.49. The molecule has 0 unspecified atom stereocenters. The fraction of sp³-hybridized carbons (Fsp3) is 0.364. The molecule has 0 heterocycles. The molecule has 0 amide bonds. The van der Waals surface area contributed by atoms with Gasteiger partial charge in [0.2, 0.25) is 0 Å². The summed E-state index contributed by atoms with van der Waals surface area (Å²) in [5, 5.41) is 17.8. The van der Waals surface area contributed by atoms with E-state index in [0.717, 1.165) is 0 Å². The van der Waals surface area contributed by atoms with Crippen LogP contribution in [-0.2, 0) is 0 Å². The highest BCUT2D eigenvalue weighted by atomic mass is 16.5. The molecule has 4 heteroatoms. The number of benzene rings is 1. The summed E-state index contributed by atoms with van der Waals surface area (Å²) < 4.78 is 10.3. The second-order valence-electron chi connectivity index (χ2n) is 3.17. The normalized spacial score (nSPS) is 11.6. The first kappa shape index (κ1) is 11.3. The molecule has 1 aromatic carbocycles. The van der Waals surface area contributed by atoms with E-state index in [1.165, 1.54) is 7.11 Å². The predicted molar refractivity (Wildman–Crippen MR) is 54.9 cm³/mol. The highest BCUT2D eigenvalue weighted by Gasteiger charge is 2.03. The van der Waals surface area contributed by atoms with Gasteiger partial charge in [0.1, 0.15) is 18.1 Å². The Bertz CT molecular complexity index is 369. The minimum absolute atomic E-state index is 0.192. The standard InChI is InChI=1S/C11H13NO3/c1-8(13)7-15-11-4-9(6-12)3-10(5-11)14-2/h3-5,8,13H,7H2,1-2H3/t8-/m1/s1. The van der Waals surface area contributed by atoms with Gasteiger partial charge in [0.05, 0.1) is 24.8 Å². The zero-order valence-corrected chi connectivity index (χ0v) is 8.73. The Balaban J connectivity index is 2.83. The van der Waals surface area contributed by atoms with Gasteiger partial charge in [0.25, 0.3) is 0 Å². The van der Waals surface area contributed by atoms with Crippen LogP contribution in [0, 0.1) is 11.3 Å². The van der Waals surface area contributed by atoms with Crippen molar-refractivity contribution in [1.29, 1.82) is 5.26 Å². The van der Waals surface area contributed by atoms with Gasteiger partial charge >= 0.3 is 0 Å². The molecule has 1 atom stereocenters. The average Bonchev–Trinajstić information content (AvgIpc) is 2.25. The number of hydrogen-bond donors (Lipinski definition) is 1. The fourth-order valence-electron chi connectivity index (χ4n) is 1.05. The van der Waals surface area contributed by atoms with Crippen LogP contribution in [0.2, 0.25) is 0 Å². The van der Waals surface area contributed by atoms with Crippen molar-refractivity contribution in [3.63, 3.8) is 0 Å². The maximum absolute atomic E-state index is 9.05. The molecule has 0 aliphatic heterocycles. The predicted octanol–water partition coefficient (Wildman–Crippen LogP) is 1.33. The summed E-state index contributed by atoms with van der Waals surface area (Å²) in [6, 6.07) is 6.90. The average molecular weight is 207 g/mol. The quantitative estimate of drug-likeness (QED) is 0.809. The molecule has 0 aliphatic carbocycles. The molecule has 0 spiro atoms. The van der Waals surface area contributed by atoms with Crippen molar-refractivity contribution < 1.29 is 14.6 Å². The van der Waals surface area contributed by atoms with E-state index in [4.69, 9.17) is 19.8 Å². The highest BCUT2D eigenvalue weighted by Crippen LogP contribution is 2.22. The third-order valence-electron chi connectivity index (χ3n) is 1.74. The van der Waals surface area contributed by atoms with E-state index >= 15 is 0 Å². The molecule has 0 aromatic heterocycles. The van der Waals surface area contributed by atoms with Crippen LogP contribution in [0.4, 0.5) is 0 Å². The van der Waals surface area contributed by atoms with Crippen molar-refractivity contribution in [2.24, 2.45) is 0 Å². The van der Waals surface area contributed by atoms with E-state index in [1.54, 1.807) is 25.1 Å². The van der Waals surface area contributed by atoms with Gasteiger partial charge in [-0.25, -0.2) is 0 Å². The van der Waals surface area contributed by atoms with Crippen LogP contribution in [0.15, 0.2) is 18.2 Å². The summed E-state index contributed by atoms with van der Waals surface area (Å²) in [5.74, 6) is 1.08. The first-order chi connectivity index (χ1) is 7.15. The molecule has 1 aromatic rings. The van der Waals surface area contributed by atoms with Crippen LogP contribution in [0.25, 0.3) is 0 Å². The van der Waals surface area contributed by atoms with Crippen LogP contribution in [0.1, 0.15) is 12.5 Å². The zero-order chi connectivity index (χ0) is 11.3. The van der Waals surface area contributed by atoms with E-state index in [9.17, 15) is 0 Å². The zero-order valence-electron chi connectivity index (χ0n) is 8.73. The first-order valence-corrected chi connectivity index (χ1v) is 4.55. The van der Waals surface area contributed by atoms with Crippen molar-refractivity contribution >= 4 is 0 Å². The monoisotopic (exact) mass is 207 g/mol. The molecule has 15 heavy (non-hydrogen) atoms. The summed E-state index contributed by atoms with van der Waals surface area (Å²) in [6.45, 7) is 1.82. The Kier molecular flexibility index (Phi) is 3.95. The van der Waals surface area contributed by atoms with Crippen molar-refractivity contribution in [2.75, 3.05) is 13.7 Å². The van der Waals surface area contributed by atoms with Gasteiger partial charge in [0.15, 0.2) is 0 Å². The van der Waals surface area contributed by atoms with Crippen molar-refractivity contribution in [3.05, 3.63) is 23.8 Å². The van der Waals surface area contributed by atoms with Crippen LogP contribution >= 0.6 is 0 Å². The first-order valence-electron chi connectivity index (χ1n) is 4.55. The van der Waals surface area contributed by atoms with Crippen molar-refractivity contribution in [1.82, 2.24) is 0 Å². The maximum Gasteiger partial charge on any atom is 0.124 e. The van der Waals surface area contributed by atoms with E-state index in [2.05, 4.69) is 0 Å². The van der Waals surface area contributed by atoms with Gasteiger partial charge in [0, 0.05) is 6.07 Å². The minimum Gasteiger partial charge on any atom is -0.497 e. The number of aliphatic hydroxyl groups excluding tert-OH is 1. The number of nitriles is 1. The number of methoxy groups -OCH3 is 1. The number of aliphatic hydroxyl groups is 1. The smallest absolute Gasteiger partial charge is 0.124 e. The lowest BCUT2D eigenvalue weighted by molar-refractivity contribution is 0.122. The lowest BCUT2D eigenvalue weighted by Crippen LogP contribution is -2.12. The summed E-state index contributed by atoms with van der Waals surface area (Å²) in [6.07, 6.45) is -0.540. The van der Waals surface area contributed by atoms with Crippen LogP contribution in [0.3, 0.4) is 0 Å². The van der Waals surface area contributed by atoms with E-state index < -0.39 is 6.10 Å². The summed E-state index contributed by atoms with van der Waals surface area (Å²) >= 11 is 0. The van der Waals surface area contributed by atoms with Gasteiger partial charge < -0.3 is 14.6 Å². The number of rotatable bonds is 4. The van der Waals surface area contributed by atoms with Crippen LogP contribution < -0.4 is 9.47 Å².